The molecule has 4 aromatic rings. The molecule has 6 heteroatoms. The second-order valence-corrected chi connectivity index (χ2v) is 7.97. The van der Waals surface area contributed by atoms with Gasteiger partial charge in [-0.2, -0.15) is 0 Å². The van der Waals surface area contributed by atoms with Gasteiger partial charge in [0.25, 0.3) is 11.5 Å². The molecule has 0 bridgehead atoms. The fraction of sp³-hybridized carbons (Fsp3) is 0.222. The van der Waals surface area contributed by atoms with E-state index in [0.29, 0.717) is 28.8 Å². The summed E-state index contributed by atoms with van der Waals surface area (Å²) in [5.41, 5.74) is 2.17. The summed E-state index contributed by atoms with van der Waals surface area (Å²) in [6, 6.07) is 20.3. The van der Waals surface area contributed by atoms with E-state index < -0.39 is 17.8 Å². The molecular weight excluding hydrogens is 417 g/mol. The molecule has 168 valence electrons. The number of para-hydroxylation sites is 1. The molecule has 0 radical (unpaired) electrons. The van der Waals surface area contributed by atoms with E-state index in [1.54, 1.807) is 41.9 Å². The van der Waals surface area contributed by atoms with E-state index in [1.165, 1.54) is 17.0 Å². The zero-order valence-electron chi connectivity index (χ0n) is 19.0. The van der Waals surface area contributed by atoms with E-state index in [9.17, 15) is 14.0 Å². The number of nitrogens with zero attached hydrogens (tertiary/aromatic N) is 3. The quantitative estimate of drug-likeness (QED) is 0.406. The number of halogens is 1. The highest BCUT2D eigenvalue weighted by molar-refractivity contribution is 5.94. The maximum atomic E-state index is 14.3. The topological polar surface area (TPSA) is 55.2 Å². The summed E-state index contributed by atoms with van der Waals surface area (Å²) in [6.07, 6.45) is 1.38. The van der Waals surface area contributed by atoms with Crippen molar-refractivity contribution in [2.24, 2.45) is 0 Å². The number of hydrogen-bond donors (Lipinski definition) is 0. The van der Waals surface area contributed by atoms with Crippen LogP contribution >= 0.6 is 0 Å². The minimum atomic E-state index is -0.580. The van der Waals surface area contributed by atoms with Gasteiger partial charge in [-0.05, 0) is 54.8 Å². The van der Waals surface area contributed by atoms with Gasteiger partial charge < -0.3 is 4.90 Å². The summed E-state index contributed by atoms with van der Waals surface area (Å²) >= 11 is 0. The van der Waals surface area contributed by atoms with Crippen molar-refractivity contribution in [3.63, 3.8) is 0 Å². The summed E-state index contributed by atoms with van der Waals surface area (Å²) in [4.78, 5) is 33.1. The lowest BCUT2D eigenvalue weighted by molar-refractivity contribution is 0.0712. The fourth-order valence-electron chi connectivity index (χ4n) is 4.10. The molecule has 0 N–H and O–H groups in total. The smallest absolute Gasteiger partial charge is 0.266 e. The highest BCUT2D eigenvalue weighted by atomic mass is 19.1. The fourth-order valence-corrected chi connectivity index (χ4v) is 4.10. The van der Waals surface area contributed by atoms with E-state index in [4.69, 9.17) is 4.98 Å². The Hall–Kier alpha value is -3.80. The van der Waals surface area contributed by atoms with Crippen LogP contribution < -0.4 is 5.56 Å². The van der Waals surface area contributed by atoms with Gasteiger partial charge in [0.2, 0.25) is 0 Å². The zero-order chi connectivity index (χ0) is 23.5. The minimum absolute atomic E-state index is 0.0135. The maximum Gasteiger partial charge on any atom is 0.266 e. The Bertz CT molecular complexity index is 1360. The first-order valence-corrected chi connectivity index (χ1v) is 11.1. The Morgan fingerprint density at radius 3 is 2.33 bits per heavy atom. The number of rotatable bonds is 6. The van der Waals surface area contributed by atoms with Crippen LogP contribution in [0.15, 0.2) is 77.6 Å². The number of amides is 1. The van der Waals surface area contributed by atoms with E-state index in [2.05, 4.69) is 6.92 Å². The van der Waals surface area contributed by atoms with Crippen LogP contribution in [0, 0.1) is 5.82 Å². The zero-order valence-corrected chi connectivity index (χ0v) is 19.0. The van der Waals surface area contributed by atoms with Crippen LogP contribution in [-0.2, 0) is 6.42 Å². The first-order valence-electron chi connectivity index (χ1n) is 11.1. The van der Waals surface area contributed by atoms with Crippen LogP contribution in [-0.4, -0.2) is 27.4 Å². The van der Waals surface area contributed by atoms with Crippen LogP contribution in [0.2, 0.25) is 0 Å². The number of aromatic nitrogens is 2. The first kappa shape index (κ1) is 22.4. The standard InChI is InChI=1S/C27H26FN3O2/c1-4-18-14-16-19(17-15-18)31-25(29-23-13-9-7-11-21(23)27(31)33)24(5-2)30(3)26(32)20-10-6-8-12-22(20)28/h6-17,24H,4-5H2,1-3H3. The van der Waals surface area contributed by atoms with Crippen LogP contribution in [0.4, 0.5) is 4.39 Å². The Morgan fingerprint density at radius 1 is 1.00 bits per heavy atom. The second kappa shape index (κ2) is 9.36. The number of fused-ring (bicyclic) bond motifs is 1. The Balaban J connectivity index is 1.91. The summed E-state index contributed by atoms with van der Waals surface area (Å²) in [5, 5.41) is 0.499. The molecule has 1 aromatic heterocycles. The van der Waals surface area contributed by atoms with Crippen LogP contribution in [0.5, 0.6) is 0 Å². The largest absolute Gasteiger partial charge is 0.331 e. The van der Waals surface area contributed by atoms with Crippen molar-refractivity contribution in [1.82, 2.24) is 14.5 Å². The number of carbonyl (C=O) groups is 1. The molecule has 0 saturated heterocycles. The van der Waals surface area contributed by atoms with Gasteiger partial charge >= 0.3 is 0 Å². The van der Waals surface area contributed by atoms with Gasteiger partial charge in [-0.3, -0.25) is 14.2 Å². The highest BCUT2D eigenvalue weighted by Gasteiger charge is 2.28. The molecule has 4 rings (SSSR count). The molecule has 5 nitrogen and oxygen atoms in total. The van der Waals surface area contributed by atoms with E-state index >= 15 is 0 Å². The van der Waals surface area contributed by atoms with Gasteiger partial charge in [-0.25, -0.2) is 9.37 Å². The Kier molecular flexibility index (Phi) is 6.36. The lowest BCUT2D eigenvalue weighted by atomic mass is 10.1. The summed E-state index contributed by atoms with van der Waals surface area (Å²) in [6.45, 7) is 3.99. The van der Waals surface area contributed by atoms with Gasteiger partial charge in [-0.15, -0.1) is 0 Å². The summed E-state index contributed by atoms with van der Waals surface area (Å²) in [5.74, 6) is -0.601. The van der Waals surface area contributed by atoms with Gasteiger partial charge in [0.1, 0.15) is 11.6 Å². The van der Waals surface area contributed by atoms with Crippen molar-refractivity contribution < 1.29 is 9.18 Å². The SMILES string of the molecule is CCc1ccc(-n2c(C(CC)N(C)C(=O)c3ccccc3F)nc3ccccc3c2=O)cc1. The lowest BCUT2D eigenvalue weighted by Gasteiger charge is -2.29. The van der Waals surface area contributed by atoms with Crippen molar-refractivity contribution in [2.45, 2.75) is 32.7 Å². The maximum absolute atomic E-state index is 14.3. The third kappa shape index (κ3) is 4.16. The number of carbonyl (C=O) groups excluding carboxylic acids is 1. The Morgan fingerprint density at radius 2 is 1.67 bits per heavy atom. The molecule has 0 spiro atoms. The monoisotopic (exact) mass is 443 g/mol. The molecule has 0 fully saturated rings. The molecule has 0 aliphatic rings. The van der Waals surface area contributed by atoms with Crippen LogP contribution in [0.1, 0.15) is 48.1 Å². The first-order chi connectivity index (χ1) is 16.0. The average molecular weight is 444 g/mol. The molecule has 0 aliphatic heterocycles. The molecular formula is C27H26FN3O2. The minimum Gasteiger partial charge on any atom is -0.331 e. The highest BCUT2D eigenvalue weighted by Crippen LogP contribution is 2.27. The van der Waals surface area contributed by atoms with E-state index in [0.717, 1.165) is 12.0 Å². The van der Waals surface area contributed by atoms with E-state index in [-0.39, 0.29) is 11.1 Å². The molecule has 3 aromatic carbocycles. The molecule has 0 aliphatic carbocycles. The molecule has 0 saturated carbocycles. The second-order valence-electron chi connectivity index (χ2n) is 7.97. The van der Waals surface area contributed by atoms with Crippen LogP contribution in [0.25, 0.3) is 16.6 Å². The number of aryl methyl sites for hydroxylation is 1. The van der Waals surface area contributed by atoms with Crippen LogP contribution in [0.3, 0.4) is 0 Å². The molecule has 1 amide bonds. The van der Waals surface area contributed by atoms with Gasteiger partial charge in [0, 0.05) is 7.05 Å². The molecule has 33 heavy (non-hydrogen) atoms. The van der Waals surface area contributed by atoms with E-state index in [1.807, 2.05) is 37.3 Å². The normalized spacial score (nSPS) is 12.0. The third-order valence-corrected chi connectivity index (χ3v) is 5.98. The summed E-state index contributed by atoms with van der Waals surface area (Å²) in [7, 11) is 1.62. The number of benzene rings is 3. The van der Waals surface area contributed by atoms with Crippen molar-refractivity contribution in [2.75, 3.05) is 7.05 Å². The third-order valence-electron chi connectivity index (χ3n) is 5.98. The lowest BCUT2D eigenvalue weighted by Crippen LogP contribution is -2.36. The van der Waals surface area contributed by atoms with Gasteiger partial charge in [0.05, 0.1) is 28.2 Å². The van der Waals surface area contributed by atoms with Crippen molar-refractivity contribution >= 4 is 16.8 Å². The Labute approximate surface area is 192 Å². The molecule has 1 atom stereocenters. The average Bonchev–Trinajstić information content (AvgIpc) is 2.84. The van der Waals surface area contributed by atoms with Gasteiger partial charge in [-0.1, -0.05) is 50.2 Å². The van der Waals surface area contributed by atoms with Crippen molar-refractivity contribution in [1.29, 1.82) is 0 Å². The predicted molar refractivity (Wildman–Crippen MR) is 128 cm³/mol. The molecule has 1 unspecified atom stereocenters. The van der Waals surface area contributed by atoms with Gasteiger partial charge in [0.15, 0.2) is 0 Å². The van der Waals surface area contributed by atoms with Crippen molar-refractivity contribution in [3.05, 3.63) is 106 Å². The molecule has 1 heterocycles. The summed E-state index contributed by atoms with van der Waals surface area (Å²) < 4.78 is 15.9. The number of hydrogen-bond acceptors (Lipinski definition) is 3. The predicted octanol–water partition coefficient (Wildman–Crippen LogP) is 5.31. The van der Waals surface area contributed by atoms with Crippen molar-refractivity contribution in [3.8, 4) is 5.69 Å².